The summed E-state index contributed by atoms with van der Waals surface area (Å²) in [7, 11) is 0. The molecular formula is C17H26N2O. The van der Waals surface area contributed by atoms with Crippen molar-refractivity contribution in [3.05, 3.63) is 29.8 Å². The number of hydrogen-bond donors (Lipinski definition) is 1. The zero-order valence-corrected chi connectivity index (χ0v) is 12.9. The number of anilines is 1. The molecule has 3 nitrogen and oxygen atoms in total. The molecule has 1 aromatic rings. The van der Waals surface area contributed by atoms with Gasteiger partial charge in [0.2, 0.25) is 5.91 Å². The molecule has 1 heterocycles. The summed E-state index contributed by atoms with van der Waals surface area (Å²) in [5.74, 6) is 0.950. The number of hydrogen-bond acceptors (Lipinski definition) is 2. The second-order valence-electron chi connectivity index (χ2n) is 5.83. The fourth-order valence-corrected chi connectivity index (χ4v) is 2.75. The molecule has 0 fully saturated rings. The minimum atomic E-state index is 0.0777. The van der Waals surface area contributed by atoms with E-state index in [9.17, 15) is 4.79 Å². The Morgan fingerprint density at radius 2 is 2.15 bits per heavy atom. The van der Waals surface area contributed by atoms with Gasteiger partial charge >= 0.3 is 0 Å². The van der Waals surface area contributed by atoms with Crippen molar-refractivity contribution >= 4 is 11.6 Å². The van der Waals surface area contributed by atoms with E-state index in [1.165, 1.54) is 11.3 Å². The topological polar surface area (TPSA) is 32.3 Å². The minimum absolute atomic E-state index is 0.0777. The zero-order chi connectivity index (χ0) is 14.5. The molecule has 1 aliphatic rings. The number of para-hydroxylation sites is 1. The number of rotatable bonds is 5. The Balaban J connectivity index is 2.03. The van der Waals surface area contributed by atoms with Crippen LogP contribution in [0, 0.1) is 11.8 Å². The lowest BCUT2D eigenvalue weighted by molar-refractivity contribution is -0.135. The molecule has 1 amide bonds. The highest BCUT2D eigenvalue weighted by Gasteiger charge is 2.27. The van der Waals surface area contributed by atoms with Gasteiger partial charge in [-0.15, -0.1) is 0 Å². The van der Waals surface area contributed by atoms with E-state index in [2.05, 4.69) is 38.2 Å². The highest BCUT2D eigenvalue weighted by molar-refractivity contribution is 5.81. The van der Waals surface area contributed by atoms with Crippen LogP contribution in [-0.2, 0) is 11.2 Å². The summed E-state index contributed by atoms with van der Waals surface area (Å²) >= 11 is 0. The Labute approximate surface area is 122 Å². The normalized spacial score (nSPS) is 18.9. The van der Waals surface area contributed by atoms with Gasteiger partial charge in [-0.2, -0.15) is 0 Å². The number of benzene rings is 1. The van der Waals surface area contributed by atoms with Gasteiger partial charge in [-0.25, -0.2) is 0 Å². The van der Waals surface area contributed by atoms with Gasteiger partial charge in [-0.1, -0.05) is 38.5 Å². The summed E-state index contributed by atoms with van der Waals surface area (Å²) in [4.78, 5) is 14.7. The lowest BCUT2D eigenvalue weighted by Gasteiger charge is -2.31. The van der Waals surface area contributed by atoms with Crippen molar-refractivity contribution in [2.75, 3.05) is 25.0 Å². The van der Waals surface area contributed by atoms with Crippen LogP contribution in [0.25, 0.3) is 0 Å². The minimum Gasteiger partial charge on any atom is -0.384 e. The van der Waals surface area contributed by atoms with Gasteiger partial charge in [0.05, 0.1) is 5.92 Å². The van der Waals surface area contributed by atoms with Crippen LogP contribution in [0.1, 0.15) is 32.8 Å². The molecule has 2 unspecified atom stereocenters. The standard InChI is InChI=1S/C17H26N2O/c1-4-13(3)12-19(5-2)17(20)15-10-14-8-6-7-9-16(14)18-11-15/h6-9,13,15,18H,4-5,10-12H2,1-3H3. The van der Waals surface area contributed by atoms with Crippen molar-refractivity contribution < 1.29 is 4.79 Å². The molecule has 1 aromatic carbocycles. The van der Waals surface area contributed by atoms with Crippen LogP contribution < -0.4 is 5.32 Å². The van der Waals surface area contributed by atoms with Crippen LogP contribution in [0.3, 0.4) is 0 Å². The maximum atomic E-state index is 12.7. The number of carbonyl (C=O) groups excluding carboxylic acids is 1. The highest BCUT2D eigenvalue weighted by Crippen LogP contribution is 2.25. The molecule has 0 saturated carbocycles. The average molecular weight is 274 g/mol. The van der Waals surface area contributed by atoms with Crippen molar-refractivity contribution in [2.45, 2.75) is 33.6 Å². The lowest BCUT2D eigenvalue weighted by atomic mass is 9.92. The van der Waals surface area contributed by atoms with E-state index in [1.807, 2.05) is 17.0 Å². The SMILES string of the molecule is CCC(C)CN(CC)C(=O)C1CNc2ccccc2C1. The first-order valence-electron chi connectivity index (χ1n) is 7.76. The van der Waals surface area contributed by atoms with Crippen molar-refractivity contribution in [3.63, 3.8) is 0 Å². The number of amides is 1. The zero-order valence-electron chi connectivity index (χ0n) is 12.9. The lowest BCUT2D eigenvalue weighted by Crippen LogP contribution is -2.43. The van der Waals surface area contributed by atoms with Crippen molar-refractivity contribution in [2.24, 2.45) is 11.8 Å². The second-order valence-corrected chi connectivity index (χ2v) is 5.83. The van der Waals surface area contributed by atoms with E-state index in [1.54, 1.807) is 0 Å². The van der Waals surface area contributed by atoms with Gasteiger partial charge in [0.15, 0.2) is 0 Å². The maximum Gasteiger partial charge on any atom is 0.227 e. The molecule has 20 heavy (non-hydrogen) atoms. The third-order valence-electron chi connectivity index (χ3n) is 4.29. The molecule has 0 aliphatic carbocycles. The van der Waals surface area contributed by atoms with Crippen LogP contribution >= 0.6 is 0 Å². The van der Waals surface area contributed by atoms with Gasteiger partial charge in [0.25, 0.3) is 0 Å². The molecule has 1 aliphatic heterocycles. The van der Waals surface area contributed by atoms with Gasteiger partial charge in [-0.3, -0.25) is 4.79 Å². The summed E-state index contributed by atoms with van der Waals surface area (Å²) in [5, 5.41) is 3.39. The molecule has 2 atom stereocenters. The third kappa shape index (κ3) is 3.33. The van der Waals surface area contributed by atoms with E-state index in [0.717, 1.165) is 32.5 Å². The Kier molecular flexibility index (Phi) is 5.05. The van der Waals surface area contributed by atoms with E-state index in [-0.39, 0.29) is 5.92 Å². The van der Waals surface area contributed by atoms with Crippen molar-refractivity contribution in [1.82, 2.24) is 4.90 Å². The van der Waals surface area contributed by atoms with Gasteiger partial charge in [-0.05, 0) is 30.9 Å². The number of nitrogens with zero attached hydrogens (tertiary/aromatic N) is 1. The van der Waals surface area contributed by atoms with E-state index >= 15 is 0 Å². The molecular weight excluding hydrogens is 248 g/mol. The van der Waals surface area contributed by atoms with Crippen molar-refractivity contribution in [3.8, 4) is 0 Å². The molecule has 2 rings (SSSR count). The average Bonchev–Trinajstić information content (AvgIpc) is 2.51. The summed E-state index contributed by atoms with van der Waals surface area (Å²) in [5.41, 5.74) is 2.44. The van der Waals surface area contributed by atoms with Gasteiger partial charge in [0.1, 0.15) is 0 Å². The predicted octanol–water partition coefficient (Wildman–Crippen LogP) is 3.17. The summed E-state index contributed by atoms with van der Waals surface area (Å²) in [6.07, 6.45) is 1.98. The van der Waals surface area contributed by atoms with Gasteiger partial charge in [0, 0.05) is 25.3 Å². The van der Waals surface area contributed by atoms with Crippen LogP contribution in [0.5, 0.6) is 0 Å². The number of carbonyl (C=O) groups is 1. The van der Waals surface area contributed by atoms with E-state index < -0.39 is 0 Å². The summed E-state index contributed by atoms with van der Waals surface area (Å²) in [6, 6.07) is 8.29. The van der Waals surface area contributed by atoms with Crippen LogP contribution in [0.15, 0.2) is 24.3 Å². The molecule has 1 N–H and O–H groups in total. The summed E-state index contributed by atoms with van der Waals surface area (Å²) in [6.45, 7) is 8.91. The molecule has 0 saturated heterocycles. The predicted molar refractivity (Wildman–Crippen MR) is 83.8 cm³/mol. The Morgan fingerprint density at radius 3 is 2.85 bits per heavy atom. The van der Waals surface area contributed by atoms with E-state index in [4.69, 9.17) is 0 Å². The van der Waals surface area contributed by atoms with Crippen molar-refractivity contribution in [1.29, 1.82) is 0 Å². The smallest absolute Gasteiger partial charge is 0.227 e. The molecule has 3 heteroatoms. The quantitative estimate of drug-likeness (QED) is 0.894. The molecule has 110 valence electrons. The highest BCUT2D eigenvalue weighted by atomic mass is 16.2. The van der Waals surface area contributed by atoms with Crippen LogP contribution in [0.4, 0.5) is 5.69 Å². The molecule has 0 spiro atoms. The molecule has 0 bridgehead atoms. The third-order valence-corrected chi connectivity index (χ3v) is 4.29. The number of fused-ring (bicyclic) bond motifs is 1. The fourth-order valence-electron chi connectivity index (χ4n) is 2.75. The Morgan fingerprint density at radius 1 is 1.40 bits per heavy atom. The van der Waals surface area contributed by atoms with E-state index in [0.29, 0.717) is 11.8 Å². The first-order valence-corrected chi connectivity index (χ1v) is 7.76. The van der Waals surface area contributed by atoms with Crippen LogP contribution in [-0.4, -0.2) is 30.4 Å². The monoisotopic (exact) mass is 274 g/mol. The fraction of sp³-hybridized carbons (Fsp3) is 0.588. The molecule has 0 radical (unpaired) electrons. The van der Waals surface area contributed by atoms with Crippen LogP contribution in [0.2, 0.25) is 0 Å². The number of nitrogens with one attached hydrogen (secondary N) is 1. The first kappa shape index (κ1) is 14.9. The Bertz CT molecular complexity index is 458. The largest absolute Gasteiger partial charge is 0.384 e. The second kappa shape index (κ2) is 6.78. The first-order chi connectivity index (χ1) is 9.65. The summed E-state index contributed by atoms with van der Waals surface area (Å²) < 4.78 is 0. The maximum absolute atomic E-state index is 12.7. The molecule has 0 aromatic heterocycles. The van der Waals surface area contributed by atoms with Gasteiger partial charge < -0.3 is 10.2 Å². The Hall–Kier alpha value is -1.51.